The van der Waals surface area contributed by atoms with Gasteiger partial charge in [0.1, 0.15) is 6.61 Å². The SMILES string of the molecule is FC(F)(F)c1ccccc1-c1ccc2c(n1)OCCNC2.O=C(O)C(F)(F)F.O=C(O)C(F)(F)F. The summed E-state index contributed by atoms with van der Waals surface area (Å²) in [7, 11) is 0. The maximum atomic E-state index is 13.1. The number of ether oxygens (including phenoxy) is 1. The van der Waals surface area contributed by atoms with Crippen LogP contribution in [0.3, 0.4) is 0 Å². The van der Waals surface area contributed by atoms with E-state index >= 15 is 0 Å². The summed E-state index contributed by atoms with van der Waals surface area (Å²) < 4.78 is 108. The Bertz CT molecular complexity index is 997. The predicted octanol–water partition coefficient (Wildman–Crippen LogP) is 4.52. The number of carboxylic acids is 2. The fourth-order valence-electron chi connectivity index (χ4n) is 2.28. The molecule has 0 bridgehead atoms. The van der Waals surface area contributed by atoms with Crippen LogP contribution in [0.15, 0.2) is 36.4 Å². The first-order valence-electron chi connectivity index (χ1n) is 9.05. The molecule has 0 aliphatic carbocycles. The molecule has 7 nitrogen and oxygen atoms in total. The van der Waals surface area contributed by atoms with Crippen molar-refractivity contribution in [3.8, 4) is 17.1 Å². The van der Waals surface area contributed by atoms with Crippen LogP contribution in [0.2, 0.25) is 0 Å². The number of pyridine rings is 1. The molecular weight excluding hydrogens is 507 g/mol. The van der Waals surface area contributed by atoms with Crippen LogP contribution in [0.5, 0.6) is 5.88 Å². The maximum absolute atomic E-state index is 13.1. The Morgan fingerprint density at radius 3 is 1.86 bits per heavy atom. The largest absolute Gasteiger partial charge is 0.490 e. The Morgan fingerprint density at radius 2 is 1.37 bits per heavy atom. The van der Waals surface area contributed by atoms with Crippen molar-refractivity contribution >= 4 is 11.9 Å². The first kappa shape index (κ1) is 29.5. The molecule has 1 aromatic carbocycles. The molecule has 0 spiro atoms. The Labute approximate surface area is 190 Å². The molecule has 194 valence electrons. The summed E-state index contributed by atoms with van der Waals surface area (Å²) in [6.45, 7) is 1.73. The van der Waals surface area contributed by atoms with E-state index in [4.69, 9.17) is 24.5 Å². The lowest BCUT2D eigenvalue weighted by Gasteiger charge is -2.13. The minimum atomic E-state index is -5.08. The van der Waals surface area contributed by atoms with Gasteiger partial charge in [-0.05, 0) is 12.1 Å². The van der Waals surface area contributed by atoms with Gasteiger partial charge in [0.2, 0.25) is 5.88 Å². The number of halogens is 9. The molecule has 2 heterocycles. The van der Waals surface area contributed by atoms with E-state index in [9.17, 15) is 39.5 Å². The van der Waals surface area contributed by atoms with Gasteiger partial charge in [0, 0.05) is 24.2 Å². The molecule has 1 aromatic heterocycles. The van der Waals surface area contributed by atoms with E-state index in [-0.39, 0.29) is 11.3 Å². The molecule has 0 amide bonds. The van der Waals surface area contributed by atoms with E-state index in [1.165, 1.54) is 12.1 Å². The third kappa shape index (κ3) is 9.68. The van der Waals surface area contributed by atoms with Gasteiger partial charge in [0.25, 0.3) is 0 Å². The smallest absolute Gasteiger partial charge is 0.476 e. The zero-order chi connectivity index (χ0) is 27.0. The summed E-state index contributed by atoms with van der Waals surface area (Å²) in [6.07, 6.45) is -14.6. The number of nitrogens with zero attached hydrogens (tertiary/aromatic N) is 1. The highest BCUT2D eigenvalue weighted by Crippen LogP contribution is 2.37. The molecule has 0 saturated heterocycles. The average molecular weight is 522 g/mol. The van der Waals surface area contributed by atoms with Crippen LogP contribution in [0, 0.1) is 0 Å². The van der Waals surface area contributed by atoms with Crippen molar-refractivity contribution in [2.24, 2.45) is 0 Å². The summed E-state index contributed by atoms with van der Waals surface area (Å²) in [5.41, 5.74) is 0.488. The van der Waals surface area contributed by atoms with Crippen molar-refractivity contribution in [1.29, 1.82) is 0 Å². The van der Waals surface area contributed by atoms with E-state index in [1.807, 2.05) is 0 Å². The molecule has 0 radical (unpaired) electrons. The van der Waals surface area contributed by atoms with Crippen LogP contribution in [-0.4, -0.2) is 52.6 Å². The zero-order valence-corrected chi connectivity index (χ0v) is 17.1. The molecule has 0 unspecified atom stereocenters. The van der Waals surface area contributed by atoms with Gasteiger partial charge in [-0.15, -0.1) is 0 Å². The van der Waals surface area contributed by atoms with Crippen molar-refractivity contribution in [3.63, 3.8) is 0 Å². The van der Waals surface area contributed by atoms with Gasteiger partial charge in [-0.3, -0.25) is 0 Å². The van der Waals surface area contributed by atoms with Gasteiger partial charge < -0.3 is 20.3 Å². The minimum absolute atomic E-state index is 0.0635. The molecule has 0 saturated carbocycles. The normalized spacial score (nSPS) is 13.5. The van der Waals surface area contributed by atoms with E-state index in [1.54, 1.807) is 18.2 Å². The molecule has 1 aliphatic heterocycles. The molecule has 3 N–H and O–H groups in total. The summed E-state index contributed by atoms with van der Waals surface area (Å²) in [5.74, 6) is -5.12. The molecular formula is C19H15F9N2O5. The number of rotatable bonds is 1. The van der Waals surface area contributed by atoms with Crippen LogP contribution in [0.1, 0.15) is 11.1 Å². The highest BCUT2D eigenvalue weighted by atomic mass is 19.4. The molecule has 1 aliphatic rings. The quantitative estimate of drug-likeness (QED) is 0.473. The van der Waals surface area contributed by atoms with Crippen LogP contribution >= 0.6 is 0 Å². The highest BCUT2D eigenvalue weighted by Gasteiger charge is 2.39. The number of carbonyl (C=O) groups is 2. The third-order valence-corrected chi connectivity index (χ3v) is 3.77. The second-order valence-corrected chi connectivity index (χ2v) is 6.34. The van der Waals surface area contributed by atoms with Crippen molar-refractivity contribution in [2.45, 2.75) is 25.1 Å². The monoisotopic (exact) mass is 522 g/mol. The van der Waals surface area contributed by atoms with Gasteiger partial charge in [-0.25, -0.2) is 14.6 Å². The molecule has 0 fully saturated rings. The molecule has 2 aromatic rings. The van der Waals surface area contributed by atoms with Gasteiger partial charge in [-0.2, -0.15) is 39.5 Å². The van der Waals surface area contributed by atoms with E-state index in [0.717, 1.165) is 11.6 Å². The first-order chi connectivity index (χ1) is 15.9. The number of carboxylic acid groups (broad SMARTS) is 2. The molecule has 35 heavy (non-hydrogen) atoms. The lowest BCUT2D eigenvalue weighted by Crippen LogP contribution is -2.21. The van der Waals surface area contributed by atoms with Crippen LogP contribution in [0.25, 0.3) is 11.3 Å². The predicted molar refractivity (Wildman–Crippen MR) is 99.3 cm³/mol. The Kier molecular flexibility index (Phi) is 9.87. The van der Waals surface area contributed by atoms with Crippen LogP contribution < -0.4 is 10.1 Å². The second-order valence-electron chi connectivity index (χ2n) is 6.34. The fraction of sp³-hybridized carbons (Fsp3) is 0.316. The van der Waals surface area contributed by atoms with Crippen molar-refractivity contribution < 1.29 is 64.1 Å². The number of hydrogen-bond acceptors (Lipinski definition) is 5. The summed E-state index contributed by atoms with van der Waals surface area (Å²) in [6, 6.07) is 8.77. The van der Waals surface area contributed by atoms with E-state index < -0.39 is 36.0 Å². The number of alkyl halides is 9. The second kappa shape index (κ2) is 11.7. The third-order valence-electron chi connectivity index (χ3n) is 3.77. The lowest BCUT2D eigenvalue weighted by molar-refractivity contribution is -0.193. The number of fused-ring (bicyclic) bond motifs is 1. The minimum Gasteiger partial charge on any atom is -0.476 e. The van der Waals surface area contributed by atoms with Crippen molar-refractivity contribution in [1.82, 2.24) is 10.3 Å². The highest BCUT2D eigenvalue weighted by molar-refractivity contribution is 5.73. The van der Waals surface area contributed by atoms with Gasteiger partial charge in [0.05, 0.1) is 11.3 Å². The van der Waals surface area contributed by atoms with Crippen LogP contribution in [0.4, 0.5) is 39.5 Å². The van der Waals surface area contributed by atoms with E-state index in [2.05, 4.69) is 10.3 Å². The Hall–Kier alpha value is -3.56. The van der Waals surface area contributed by atoms with Gasteiger partial charge >= 0.3 is 30.5 Å². The topological polar surface area (TPSA) is 109 Å². The summed E-state index contributed by atoms with van der Waals surface area (Å²) in [4.78, 5) is 22.0. The van der Waals surface area contributed by atoms with Crippen LogP contribution in [-0.2, 0) is 22.3 Å². The Balaban J connectivity index is 0.000000362. The molecule has 3 rings (SSSR count). The number of aromatic nitrogens is 1. The average Bonchev–Trinajstić information content (AvgIpc) is 2.97. The maximum Gasteiger partial charge on any atom is 0.490 e. The van der Waals surface area contributed by atoms with E-state index in [0.29, 0.717) is 25.6 Å². The zero-order valence-electron chi connectivity index (χ0n) is 17.1. The standard InChI is InChI=1S/C15H13F3N2O.2C2HF3O2/c16-15(17,18)12-4-2-1-3-11(12)13-6-5-10-9-19-7-8-21-14(10)20-13;2*3-2(4,5)1(6)7/h1-6,19H,7-9H2;2*(H,6,7). The van der Waals surface area contributed by atoms with Gasteiger partial charge in [-0.1, -0.05) is 24.3 Å². The van der Waals surface area contributed by atoms with Gasteiger partial charge in [0.15, 0.2) is 0 Å². The Morgan fingerprint density at radius 1 is 0.857 bits per heavy atom. The first-order valence-corrected chi connectivity index (χ1v) is 9.05. The van der Waals surface area contributed by atoms with Crippen molar-refractivity contribution in [3.05, 3.63) is 47.5 Å². The number of hydrogen-bond donors (Lipinski definition) is 3. The number of aliphatic carboxylic acids is 2. The number of nitrogens with one attached hydrogen (secondary N) is 1. The lowest BCUT2D eigenvalue weighted by atomic mass is 10.0. The van der Waals surface area contributed by atoms with Crippen molar-refractivity contribution in [2.75, 3.05) is 13.2 Å². The summed E-state index contributed by atoms with van der Waals surface area (Å²) in [5, 5.41) is 17.4. The molecule has 0 atom stereocenters. The summed E-state index contributed by atoms with van der Waals surface area (Å²) >= 11 is 0. The number of benzene rings is 1. The molecule has 16 heteroatoms. The fourth-order valence-corrected chi connectivity index (χ4v) is 2.28.